The summed E-state index contributed by atoms with van der Waals surface area (Å²) < 4.78 is 11.2. The third-order valence-corrected chi connectivity index (χ3v) is 3.50. The van der Waals surface area contributed by atoms with Crippen LogP contribution >= 0.6 is 0 Å². The van der Waals surface area contributed by atoms with E-state index in [0.29, 0.717) is 6.04 Å². The smallest absolute Gasteiger partial charge is 0.0806 e. The summed E-state index contributed by atoms with van der Waals surface area (Å²) >= 11 is 0. The third kappa shape index (κ3) is 5.84. The van der Waals surface area contributed by atoms with Crippen molar-refractivity contribution in [3.8, 4) is 0 Å². The quantitative estimate of drug-likeness (QED) is 0.665. The average molecular weight is 243 g/mol. The molecule has 1 saturated carbocycles. The van der Waals surface area contributed by atoms with E-state index >= 15 is 0 Å². The first-order chi connectivity index (χ1) is 8.18. The van der Waals surface area contributed by atoms with Crippen LogP contribution < -0.4 is 5.32 Å². The van der Waals surface area contributed by atoms with Gasteiger partial charge in [0.05, 0.1) is 5.60 Å². The summed E-state index contributed by atoms with van der Waals surface area (Å²) in [6, 6.07) is 0.538. The minimum absolute atomic E-state index is 0.0935. The zero-order valence-corrected chi connectivity index (χ0v) is 11.8. The second-order valence-electron chi connectivity index (χ2n) is 5.47. The lowest BCUT2D eigenvalue weighted by Crippen LogP contribution is -2.46. The molecule has 0 aromatic heterocycles. The summed E-state index contributed by atoms with van der Waals surface area (Å²) in [4.78, 5) is 0. The van der Waals surface area contributed by atoms with Crippen LogP contribution in [0.25, 0.3) is 0 Å². The van der Waals surface area contributed by atoms with Crippen molar-refractivity contribution in [2.45, 2.75) is 64.0 Å². The van der Waals surface area contributed by atoms with Crippen LogP contribution in [0.3, 0.4) is 0 Å². The number of ether oxygens (including phenoxy) is 2. The first kappa shape index (κ1) is 14.9. The molecule has 1 N–H and O–H groups in total. The van der Waals surface area contributed by atoms with Gasteiger partial charge in [-0.25, -0.2) is 0 Å². The van der Waals surface area contributed by atoms with Gasteiger partial charge >= 0.3 is 0 Å². The van der Waals surface area contributed by atoms with Gasteiger partial charge in [0.1, 0.15) is 0 Å². The summed E-state index contributed by atoms with van der Waals surface area (Å²) in [5.74, 6) is 0. The first-order valence-corrected chi connectivity index (χ1v) is 7.05. The topological polar surface area (TPSA) is 30.5 Å². The Balaban J connectivity index is 2.35. The van der Waals surface area contributed by atoms with Crippen LogP contribution in [0.15, 0.2) is 0 Å². The molecule has 0 aliphatic heterocycles. The summed E-state index contributed by atoms with van der Waals surface area (Å²) in [6.07, 6.45) is 7.40. The number of methoxy groups -OCH3 is 1. The number of hydrogen-bond acceptors (Lipinski definition) is 3. The van der Waals surface area contributed by atoms with Crippen LogP contribution in [-0.4, -0.2) is 38.5 Å². The van der Waals surface area contributed by atoms with Crippen molar-refractivity contribution in [1.82, 2.24) is 5.32 Å². The van der Waals surface area contributed by atoms with Crippen LogP contribution in [0.5, 0.6) is 0 Å². The first-order valence-electron chi connectivity index (χ1n) is 7.05. The zero-order valence-electron chi connectivity index (χ0n) is 11.8. The summed E-state index contributed by atoms with van der Waals surface area (Å²) in [6.45, 7) is 7.02. The summed E-state index contributed by atoms with van der Waals surface area (Å²) in [5.41, 5.74) is 0.0935. The second kappa shape index (κ2) is 8.06. The van der Waals surface area contributed by atoms with Crippen molar-refractivity contribution in [3.05, 3.63) is 0 Å². The number of rotatable bonds is 8. The predicted molar refractivity (Wildman–Crippen MR) is 71.4 cm³/mol. The molecule has 1 aliphatic carbocycles. The highest BCUT2D eigenvalue weighted by atomic mass is 16.5. The molecule has 0 aromatic rings. The average Bonchev–Trinajstić information content (AvgIpc) is 2.34. The Labute approximate surface area is 106 Å². The summed E-state index contributed by atoms with van der Waals surface area (Å²) in [5, 5.41) is 3.54. The molecule has 17 heavy (non-hydrogen) atoms. The highest BCUT2D eigenvalue weighted by Gasteiger charge is 2.32. The molecule has 102 valence electrons. The molecule has 0 unspecified atom stereocenters. The van der Waals surface area contributed by atoms with Gasteiger partial charge in [0.2, 0.25) is 0 Å². The van der Waals surface area contributed by atoms with Crippen molar-refractivity contribution >= 4 is 0 Å². The normalized spacial score (nSPS) is 19.8. The monoisotopic (exact) mass is 243 g/mol. The Kier molecular flexibility index (Phi) is 7.09. The van der Waals surface area contributed by atoms with E-state index in [4.69, 9.17) is 9.47 Å². The molecule has 1 rings (SSSR count). The minimum atomic E-state index is 0.0935. The van der Waals surface area contributed by atoms with E-state index in [1.807, 2.05) is 0 Å². The van der Waals surface area contributed by atoms with Gasteiger partial charge in [-0.05, 0) is 19.3 Å². The highest BCUT2D eigenvalue weighted by molar-refractivity contribution is 4.87. The third-order valence-electron chi connectivity index (χ3n) is 3.50. The molecular weight excluding hydrogens is 214 g/mol. The molecule has 3 nitrogen and oxygen atoms in total. The maximum atomic E-state index is 6.18. The van der Waals surface area contributed by atoms with Crippen LogP contribution in [0.2, 0.25) is 0 Å². The fourth-order valence-corrected chi connectivity index (χ4v) is 2.45. The van der Waals surface area contributed by atoms with Crippen molar-refractivity contribution in [2.24, 2.45) is 0 Å². The minimum Gasteiger partial charge on any atom is -0.385 e. The van der Waals surface area contributed by atoms with E-state index in [-0.39, 0.29) is 5.60 Å². The fourth-order valence-electron chi connectivity index (χ4n) is 2.45. The van der Waals surface area contributed by atoms with Crippen molar-refractivity contribution in [1.29, 1.82) is 0 Å². The standard InChI is InChI=1S/C14H29NO2/c1-13(2)15-12-14(8-5-4-6-9-14)17-11-7-10-16-3/h13,15H,4-12H2,1-3H3. The molecule has 0 bridgehead atoms. The fraction of sp³-hybridized carbons (Fsp3) is 1.00. The second-order valence-corrected chi connectivity index (χ2v) is 5.47. The van der Waals surface area contributed by atoms with Gasteiger partial charge in [-0.2, -0.15) is 0 Å². The molecule has 1 aliphatic rings. The Morgan fingerprint density at radius 3 is 2.41 bits per heavy atom. The van der Waals surface area contributed by atoms with Crippen molar-refractivity contribution < 1.29 is 9.47 Å². The van der Waals surface area contributed by atoms with E-state index in [1.54, 1.807) is 7.11 Å². The van der Waals surface area contributed by atoms with E-state index in [0.717, 1.165) is 26.2 Å². The van der Waals surface area contributed by atoms with Gasteiger partial charge < -0.3 is 14.8 Å². The Morgan fingerprint density at radius 2 is 1.82 bits per heavy atom. The van der Waals surface area contributed by atoms with Gasteiger partial charge in [-0.3, -0.25) is 0 Å². The van der Waals surface area contributed by atoms with Gasteiger partial charge in [-0.15, -0.1) is 0 Å². The van der Waals surface area contributed by atoms with E-state index in [2.05, 4.69) is 19.2 Å². The molecule has 0 amide bonds. The predicted octanol–water partition coefficient (Wildman–Crippen LogP) is 2.74. The van der Waals surface area contributed by atoms with Gasteiger partial charge in [0.15, 0.2) is 0 Å². The van der Waals surface area contributed by atoms with Crippen molar-refractivity contribution in [3.63, 3.8) is 0 Å². The van der Waals surface area contributed by atoms with Crippen LogP contribution in [-0.2, 0) is 9.47 Å². The lowest BCUT2D eigenvalue weighted by Gasteiger charge is -2.38. The number of hydrogen-bond donors (Lipinski definition) is 1. The van der Waals surface area contributed by atoms with Crippen molar-refractivity contribution in [2.75, 3.05) is 26.9 Å². The van der Waals surface area contributed by atoms with Crippen LogP contribution in [0.4, 0.5) is 0 Å². The molecule has 0 spiro atoms. The molecule has 0 radical (unpaired) electrons. The van der Waals surface area contributed by atoms with E-state index < -0.39 is 0 Å². The molecule has 0 aromatic carbocycles. The maximum absolute atomic E-state index is 6.18. The zero-order chi connectivity index (χ0) is 12.6. The Hall–Kier alpha value is -0.120. The SMILES string of the molecule is COCCCOC1(CNC(C)C)CCCCC1. The van der Waals surface area contributed by atoms with E-state index in [9.17, 15) is 0 Å². The Bertz CT molecular complexity index is 189. The number of nitrogens with one attached hydrogen (secondary N) is 1. The van der Waals surface area contributed by atoms with Gasteiger partial charge in [0, 0.05) is 32.9 Å². The molecular formula is C14H29NO2. The lowest BCUT2D eigenvalue weighted by molar-refractivity contribution is -0.0736. The molecule has 0 saturated heterocycles. The molecule has 0 heterocycles. The Morgan fingerprint density at radius 1 is 1.12 bits per heavy atom. The van der Waals surface area contributed by atoms with Gasteiger partial charge in [0.25, 0.3) is 0 Å². The largest absolute Gasteiger partial charge is 0.385 e. The summed E-state index contributed by atoms with van der Waals surface area (Å²) in [7, 11) is 1.75. The lowest BCUT2D eigenvalue weighted by atomic mass is 9.84. The van der Waals surface area contributed by atoms with Gasteiger partial charge in [-0.1, -0.05) is 33.1 Å². The molecule has 3 heteroatoms. The molecule has 1 fully saturated rings. The maximum Gasteiger partial charge on any atom is 0.0806 e. The van der Waals surface area contributed by atoms with Crippen LogP contribution in [0, 0.1) is 0 Å². The van der Waals surface area contributed by atoms with Crippen LogP contribution in [0.1, 0.15) is 52.4 Å². The van der Waals surface area contributed by atoms with E-state index in [1.165, 1.54) is 32.1 Å². The highest BCUT2D eigenvalue weighted by Crippen LogP contribution is 2.31. The molecule has 0 atom stereocenters.